The molecular formula is C11H14N2O2. The molecule has 80 valence electrons. The number of anilines is 1. The van der Waals surface area contributed by atoms with Crippen molar-refractivity contribution in [1.29, 1.82) is 0 Å². The van der Waals surface area contributed by atoms with E-state index in [1.165, 1.54) is 6.07 Å². The molecule has 0 spiro atoms. The molecule has 0 aromatic heterocycles. The quantitative estimate of drug-likeness (QED) is 0.564. The van der Waals surface area contributed by atoms with E-state index in [9.17, 15) is 10.1 Å². The highest BCUT2D eigenvalue weighted by Gasteiger charge is 2.16. The number of nitro groups is 1. The van der Waals surface area contributed by atoms with Gasteiger partial charge in [-0.2, -0.15) is 0 Å². The minimum atomic E-state index is -0.366. The van der Waals surface area contributed by atoms with Crippen molar-refractivity contribution >= 4 is 17.5 Å². The Kier molecular flexibility index (Phi) is 3.09. The van der Waals surface area contributed by atoms with E-state index in [4.69, 9.17) is 0 Å². The molecule has 0 aliphatic carbocycles. The van der Waals surface area contributed by atoms with Crippen LogP contribution in [0.25, 0.3) is 6.08 Å². The summed E-state index contributed by atoms with van der Waals surface area (Å²) in [5.41, 5.74) is 2.42. The van der Waals surface area contributed by atoms with Crippen LogP contribution in [0.4, 0.5) is 11.4 Å². The van der Waals surface area contributed by atoms with E-state index < -0.39 is 0 Å². The molecule has 0 aliphatic rings. The van der Waals surface area contributed by atoms with E-state index in [0.29, 0.717) is 5.56 Å². The average Bonchev–Trinajstić information content (AvgIpc) is 2.17. The van der Waals surface area contributed by atoms with E-state index in [2.05, 4.69) is 6.58 Å². The van der Waals surface area contributed by atoms with Crippen molar-refractivity contribution in [3.05, 3.63) is 40.0 Å². The molecule has 0 amide bonds. The highest BCUT2D eigenvalue weighted by atomic mass is 16.6. The third-order valence-electron chi connectivity index (χ3n) is 2.29. The van der Waals surface area contributed by atoms with Crippen LogP contribution in [0.2, 0.25) is 0 Å². The van der Waals surface area contributed by atoms with Gasteiger partial charge in [-0.25, -0.2) is 0 Å². The summed E-state index contributed by atoms with van der Waals surface area (Å²) >= 11 is 0. The normalized spacial score (nSPS) is 9.80. The Morgan fingerprint density at radius 3 is 2.47 bits per heavy atom. The van der Waals surface area contributed by atoms with Gasteiger partial charge < -0.3 is 4.90 Å². The molecule has 0 saturated heterocycles. The molecule has 15 heavy (non-hydrogen) atoms. The maximum atomic E-state index is 10.8. The fraction of sp³-hybridized carbons (Fsp3) is 0.273. The Morgan fingerprint density at radius 2 is 2.07 bits per heavy atom. The first-order valence-corrected chi connectivity index (χ1v) is 4.56. The Morgan fingerprint density at radius 1 is 1.47 bits per heavy atom. The Bertz CT molecular complexity index is 411. The molecule has 0 bridgehead atoms. The Balaban J connectivity index is 3.46. The zero-order chi connectivity index (χ0) is 11.6. The molecular weight excluding hydrogens is 192 g/mol. The van der Waals surface area contributed by atoms with Crippen LogP contribution >= 0.6 is 0 Å². The second-order valence-electron chi connectivity index (χ2n) is 3.54. The number of benzene rings is 1. The fourth-order valence-corrected chi connectivity index (χ4v) is 1.48. The predicted molar refractivity (Wildman–Crippen MR) is 62.3 cm³/mol. The van der Waals surface area contributed by atoms with Crippen molar-refractivity contribution in [2.75, 3.05) is 19.0 Å². The molecule has 0 saturated carbocycles. The zero-order valence-corrected chi connectivity index (χ0v) is 9.15. The predicted octanol–water partition coefficient (Wildman–Crippen LogP) is 2.61. The summed E-state index contributed by atoms with van der Waals surface area (Å²) in [6.45, 7) is 5.37. The van der Waals surface area contributed by atoms with Crippen molar-refractivity contribution in [2.24, 2.45) is 0 Å². The summed E-state index contributed by atoms with van der Waals surface area (Å²) in [5, 5.41) is 10.8. The third kappa shape index (κ3) is 2.15. The van der Waals surface area contributed by atoms with Gasteiger partial charge in [0, 0.05) is 25.8 Å². The lowest BCUT2D eigenvalue weighted by Crippen LogP contribution is -2.11. The van der Waals surface area contributed by atoms with Gasteiger partial charge in [0.1, 0.15) is 0 Å². The van der Waals surface area contributed by atoms with Gasteiger partial charge in [-0.1, -0.05) is 12.7 Å². The van der Waals surface area contributed by atoms with Gasteiger partial charge in [-0.3, -0.25) is 10.1 Å². The summed E-state index contributed by atoms with van der Waals surface area (Å²) in [6, 6.07) is 3.42. The van der Waals surface area contributed by atoms with Crippen molar-refractivity contribution in [3.8, 4) is 0 Å². The number of nitro benzene ring substituents is 1. The van der Waals surface area contributed by atoms with Gasteiger partial charge in [-0.05, 0) is 18.6 Å². The molecule has 1 aromatic carbocycles. The van der Waals surface area contributed by atoms with Crippen LogP contribution in [0.5, 0.6) is 0 Å². The number of nitrogens with zero attached hydrogens (tertiary/aromatic N) is 2. The molecule has 4 heteroatoms. The lowest BCUT2D eigenvalue weighted by atomic mass is 10.1. The van der Waals surface area contributed by atoms with E-state index in [-0.39, 0.29) is 10.6 Å². The van der Waals surface area contributed by atoms with E-state index in [0.717, 1.165) is 11.3 Å². The zero-order valence-electron chi connectivity index (χ0n) is 9.15. The molecule has 1 rings (SSSR count). The van der Waals surface area contributed by atoms with Gasteiger partial charge in [0.25, 0.3) is 5.69 Å². The summed E-state index contributed by atoms with van der Waals surface area (Å²) in [7, 11) is 3.72. The number of hydrogen-bond acceptors (Lipinski definition) is 3. The summed E-state index contributed by atoms with van der Waals surface area (Å²) < 4.78 is 0. The molecule has 0 N–H and O–H groups in total. The molecule has 0 heterocycles. The largest absolute Gasteiger partial charge is 0.377 e. The highest BCUT2D eigenvalue weighted by Crippen LogP contribution is 2.29. The van der Waals surface area contributed by atoms with Crippen molar-refractivity contribution in [3.63, 3.8) is 0 Å². The maximum absolute atomic E-state index is 10.8. The van der Waals surface area contributed by atoms with Crippen LogP contribution < -0.4 is 4.90 Å². The van der Waals surface area contributed by atoms with Gasteiger partial charge in [0.2, 0.25) is 0 Å². The van der Waals surface area contributed by atoms with Crippen molar-refractivity contribution in [1.82, 2.24) is 0 Å². The van der Waals surface area contributed by atoms with Crippen molar-refractivity contribution in [2.45, 2.75) is 6.92 Å². The first-order chi connectivity index (χ1) is 6.97. The van der Waals surface area contributed by atoms with Crippen LogP contribution in [0.3, 0.4) is 0 Å². The molecule has 1 aromatic rings. The van der Waals surface area contributed by atoms with Gasteiger partial charge in [0.05, 0.1) is 10.5 Å². The molecule has 0 radical (unpaired) electrons. The van der Waals surface area contributed by atoms with Gasteiger partial charge in [-0.15, -0.1) is 0 Å². The minimum absolute atomic E-state index is 0.135. The van der Waals surface area contributed by atoms with Crippen LogP contribution in [0, 0.1) is 17.0 Å². The first kappa shape index (κ1) is 11.2. The van der Waals surface area contributed by atoms with E-state index in [1.54, 1.807) is 13.0 Å². The van der Waals surface area contributed by atoms with E-state index in [1.807, 2.05) is 25.1 Å². The van der Waals surface area contributed by atoms with Gasteiger partial charge >= 0.3 is 0 Å². The third-order valence-corrected chi connectivity index (χ3v) is 2.29. The standard InChI is InChI=1S/C11H14N2O2/c1-5-9-6-10(12(3)4)8(2)11(7-9)13(14)15/h5-7H,1H2,2-4H3. The summed E-state index contributed by atoms with van der Waals surface area (Å²) in [4.78, 5) is 12.3. The molecule has 0 atom stereocenters. The molecule has 0 fully saturated rings. The summed E-state index contributed by atoms with van der Waals surface area (Å²) in [5.74, 6) is 0. The molecule has 4 nitrogen and oxygen atoms in total. The van der Waals surface area contributed by atoms with Crippen molar-refractivity contribution < 1.29 is 4.92 Å². The average molecular weight is 206 g/mol. The Labute approximate surface area is 89.0 Å². The summed E-state index contributed by atoms with van der Waals surface area (Å²) in [6.07, 6.45) is 1.61. The van der Waals surface area contributed by atoms with Crippen LogP contribution in [-0.4, -0.2) is 19.0 Å². The monoisotopic (exact) mass is 206 g/mol. The SMILES string of the molecule is C=Cc1cc(N(C)C)c(C)c([N+](=O)[O-])c1. The highest BCUT2D eigenvalue weighted by molar-refractivity contribution is 5.67. The van der Waals surface area contributed by atoms with Crippen LogP contribution in [0.1, 0.15) is 11.1 Å². The lowest BCUT2D eigenvalue weighted by Gasteiger charge is -2.16. The molecule has 0 aliphatic heterocycles. The molecule has 0 unspecified atom stereocenters. The van der Waals surface area contributed by atoms with E-state index >= 15 is 0 Å². The Hall–Kier alpha value is -1.84. The second kappa shape index (κ2) is 4.13. The topological polar surface area (TPSA) is 46.4 Å². The number of hydrogen-bond donors (Lipinski definition) is 0. The lowest BCUT2D eigenvalue weighted by molar-refractivity contribution is -0.385. The maximum Gasteiger partial charge on any atom is 0.274 e. The van der Waals surface area contributed by atoms with Crippen LogP contribution in [-0.2, 0) is 0 Å². The second-order valence-corrected chi connectivity index (χ2v) is 3.54. The minimum Gasteiger partial charge on any atom is -0.377 e. The first-order valence-electron chi connectivity index (χ1n) is 4.56. The van der Waals surface area contributed by atoms with Crippen LogP contribution in [0.15, 0.2) is 18.7 Å². The number of rotatable bonds is 3. The smallest absolute Gasteiger partial charge is 0.274 e. The van der Waals surface area contributed by atoms with Gasteiger partial charge in [0.15, 0.2) is 0 Å². The fourth-order valence-electron chi connectivity index (χ4n) is 1.48.